The van der Waals surface area contributed by atoms with Crippen molar-refractivity contribution in [3.05, 3.63) is 21.9 Å². The maximum atomic E-state index is 13.3. The van der Waals surface area contributed by atoms with Crippen molar-refractivity contribution in [2.75, 3.05) is 5.75 Å². The molecule has 0 spiro atoms. The monoisotopic (exact) mass is 705 g/mol. The van der Waals surface area contributed by atoms with Gasteiger partial charge in [0.1, 0.15) is 13.6 Å². The first-order valence-electron chi connectivity index (χ1n) is 17.1. The third kappa shape index (κ3) is 7.18. The summed E-state index contributed by atoms with van der Waals surface area (Å²) in [5, 5.41) is 3.40. The third-order valence-corrected chi connectivity index (χ3v) is 22.2. The predicted molar refractivity (Wildman–Crippen MR) is 202 cm³/mol. The van der Waals surface area contributed by atoms with E-state index in [9.17, 15) is 8.42 Å². The van der Waals surface area contributed by atoms with Gasteiger partial charge in [0, 0.05) is 24.4 Å². The summed E-state index contributed by atoms with van der Waals surface area (Å²) >= 11 is 7.17. The van der Waals surface area contributed by atoms with Crippen LogP contribution in [0.15, 0.2) is 16.5 Å². The molecule has 1 aliphatic heterocycles. The molecule has 0 radical (unpaired) electrons. The predicted octanol–water partition coefficient (Wildman–Crippen LogP) is 11.6. The Labute approximate surface area is 283 Å². The number of fused-ring (bicyclic) bond motifs is 4. The molecule has 0 saturated carbocycles. The maximum absolute atomic E-state index is 13.3. The van der Waals surface area contributed by atoms with Crippen LogP contribution in [0.1, 0.15) is 120 Å². The van der Waals surface area contributed by atoms with Gasteiger partial charge in [0.15, 0.2) is 0 Å². The van der Waals surface area contributed by atoms with E-state index in [1.54, 1.807) is 15.3 Å². The molecule has 0 amide bonds. The lowest BCUT2D eigenvalue weighted by molar-refractivity contribution is 0.583. The van der Waals surface area contributed by atoms with Gasteiger partial charge in [-0.1, -0.05) is 104 Å². The van der Waals surface area contributed by atoms with E-state index in [-0.39, 0.29) is 5.75 Å². The van der Waals surface area contributed by atoms with E-state index in [2.05, 4.69) is 46.8 Å². The number of rotatable bonds is 19. The van der Waals surface area contributed by atoms with Gasteiger partial charge in [-0.15, -0.1) is 45.3 Å². The molecule has 0 fully saturated rings. The van der Waals surface area contributed by atoms with E-state index in [0.29, 0.717) is 4.34 Å². The topological polar surface area (TPSA) is 47.0 Å². The molecular formula is C35H51NO2S5Si. The number of aromatic nitrogens is 1. The van der Waals surface area contributed by atoms with Crippen molar-refractivity contribution < 1.29 is 8.42 Å². The van der Waals surface area contributed by atoms with Gasteiger partial charge < -0.3 is 0 Å². The van der Waals surface area contributed by atoms with Gasteiger partial charge in [0.25, 0.3) is 0 Å². The Hall–Kier alpha value is -0.843. The van der Waals surface area contributed by atoms with Crippen LogP contribution in [-0.2, 0) is 9.84 Å². The standard InChI is InChI=1S/C35H51NO2S5Si/c1-6-9-12-15-16-17-20-43(37,38)35-36-30-31(42-35)26(5)40-32(30)27-24-29-34(41-27)33-28(23-25(4)39-33)44(29,21-18-13-10-7-2)22-19-14-11-8-3/h23-24H,6-22H2,1-5H3. The lowest BCUT2D eigenvalue weighted by atomic mass is 10.1. The maximum Gasteiger partial charge on any atom is 0.210 e. The fourth-order valence-corrected chi connectivity index (χ4v) is 20.4. The van der Waals surface area contributed by atoms with Crippen LogP contribution in [0.5, 0.6) is 0 Å². The van der Waals surface area contributed by atoms with Gasteiger partial charge in [-0.05, 0) is 54.9 Å². The number of hydrogen-bond donors (Lipinski definition) is 0. The molecule has 9 heteroatoms. The summed E-state index contributed by atoms with van der Waals surface area (Å²) in [6.07, 6.45) is 17.0. The Morgan fingerprint density at radius 2 is 1.23 bits per heavy atom. The minimum absolute atomic E-state index is 0.213. The van der Waals surface area contributed by atoms with Crippen molar-refractivity contribution in [3.8, 4) is 19.5 Å². The van der Waals surface area contributed by atoms with Crippen LogP contribution in [0, 0.1) is 13.8 Å². The van der Waals surface area contributed by atoms with Gasteiger partial charge in [-0.25, -0.2) is 13.4 Å². The summed E-state index contributed by atoms with van der Waals surface area (Å²) in [7, 11) is -5.22. The zero-order chi connectivity index (χ0) is 31.3. The molecule has 5 heterocycles. The van der Waals surface area contributed by atoms with Crippen LogP contribution in [0.25, 0.3) is 29.7 Å². The highest BCUT2D eigenvalue weighted by atomic mass is 32.2. The summed E-state index contributed by atoms with van der Waals surface area (Å²) < 4.78 is 28.1. The highest BCUT2D eigenvalue weighted by molar-refractivity contribution is 7.93. The van der Waals surface area contributed by atoms with Crippen LogP contribution in [0.4, 0.5) is 0 Å². The lowest BCUT2D eigenvalue weighted by Crippen LogP contribution is -2.54. The van der Waals surface area contributed by atoms with E-state index in [4.69, 9.17) is 4.98 Å². The molecule has 3 nitrogen and oxygen atoms in total. The van der Waals surface area contributed by atoms with Gasteiger partial charge in [-0.3, -0.25) is 0 Å². The van der Waals surface area contributed by atoms with Crippen LogP contribution in [0.2, 0.25) is 12.1 Å². The normalized spacial score (nSPS) is 14.1. The average molecular weight is 706 g/mol. The van der Waals surface area contributed by atoms with E-state index >= 15 is 0 Å². The van der Waals surface area contributed by atoms with Gasteiger partial charge in [0.2, 0.25) is 14.2 Å². The Kier molecular flexibility index (Phi) is 12.0. The Balaban J connectivity index is 1.48. The number of sulfone groups is 1. The second-order valence-corrected chi connectivity index (χ2v) is 23.9. The highest BCUT2D eigenvalue weighted by Gasteiger charge is 2.47. The lowest BCUT2D eigenvalue weighted by Gasteiger charge is -2.29. The van der Waals surface area contributed by atoms with Crippen molar-refractivity contribution in [2.45, 2.75) is 141 Å². The molecule has 0 atom stereocenters. The minimum Gasteiger partial charge on any atom is -0.224 e. The highest BCUT2D eigenvalue weighted by Crippen LogP contribution is 2.49. The van der Waals surface area contributed by atoms with Crippen LogP contribution in [-0.4, -0.2) is 27.2 Å². The molecule has 4 aromatic rings. The number of thiazole rings is 1. The fraction of sp³-hybridized carbons (Fsp3) is 0.629. The summed E-state index contributed by atoms with van der Waals surface area (Å²) in [4.78, 5) is 13.1. The van der Waals surface area contributed by atoms with E-state index in [0.717, 1.165) is 29.5 Å². The largest absolute Gasteiger partial charge is 0.224 e. The number of hydrogen-bond acceptors (Lipinski definition) is 7. The zero-order valence-corrected chi connectivity index (χ0v) is 32.6. The van der Waals surface area contributed by atoms with Crippen LogP contribution in [0.3, 0.4) is 0 Å². The van der Waals surface area contributed by atoms with Gasteiger partial charge in [-0.2, -0.15) is 0 Å². The zero-order valence-electron chi connectivity index (χ0n) is 27.5. The summed E-state index contributed by atoms with van der Waals surface area (Å²) in [6, 6.07) is 7.85. The summed E-state index contributed by atoms with van der Waals surface area (Å²) in [5.41, 5.74) is 0.916. The molecule has 44 heavy (non-hydrogen) atoms. The minimum atomic E-state index is -3.36. The van der Waals surface area contributed by atoms with Gasteiger partial charge >= 0.3 is 0 Å². The number of aryl methyl sites for hydroxylation is 2. The molecule has 4 aromatic heterocycles. The SMILES string of the molecule is CCCCCCCCS(=O)(=O)c1nc2c(-c3cc4c(s3)-c3sc(C)cc3[Si]4(CCCCCC)CCCCCC)sc(C)c2s1. The third-order valence-electron chi connectivity index (χ3n) is 9.39. The van der Waals surface area contributed by atoms with Crippen molar-refractivity contribution in [2.24, 2.45) is 0 Å². The smallest absolute Gasteiger partial charge is 0.210 e. The van der Waals surface area contributed by atoms with Crippen LogP contribution >= 0.6 is 45.3 Å². The van der Waals surface area contributed by atoms with Gasteiger partial charge in [0.05, 0.1) is 15.3 Å². The van der Waals surface area contributed by atoms with Crippen LogP contribution < -0.4 is 10.4 Å². The molecule has 0 N–H and O–H groups in total. The van der Waals surface area contributed by atoms with Crippen molar-refractivity contribution in [3.63, 3.8) is 0 Å². The molecule has 0 unspecified atom stereocenters. The quantitative estimate of drug-likeness (QED) is 0.0721. The Morgan fingerprint density at radius 1 is 0.659 bits per heavy atom. The Bertz CT molecular complexity index is 1630. The number of thiophene rings is 3. The molecule has 0 aliphatic carbocycles. The summed E-state index contributed by atoms with van der Waals surface area (Å²) in [5.74, 6) is 0.213. The molecule has 5 rings (SSSR count). The molecule has 0 saturated heterocycles. The number of unbranched alkanes of at least 4 members (excludes halogenated alkanes) is 11. The molecule has 1 aliphatic rings. The molecular weight excluding hydrogens is 655 g/mol. The first-order valence-corrected chi connectivity index (χ1v) is 24.5. The first-order chi connectivity index (χ1) is 21.3. The molecule has 0 bridgehead atoms. The Morgan fingerprint density at radius 3 is 1.89 bits per heavy atom. The second-order valence-electron chi connectivity index (χ2n) is 12.9. The number of nitrogens with zero attached hydrogens (tertiary/aromatic N) is 1. The second kappa shape index (κ2) is 15.4. The van der Waals surface area contributed by atoms with E-state index < -0.39 is 17.9 Å². The van der Waals surface area contributed by atoms with Crippen molar-refractivity contribution >= 4 is 83.8 Å². The summed E-state index contributed by atoms with van der Waals surface area (Å²) in [6.45, 7) is 11.3. The van der Waals surface area contributed by atoms with E-state index in [1.165, 1.54) is 118 Å². The van der Waals surface area contributed by atoms with E-state index in [1.807, 2.05) is 34.0 Å². The van der Waals surface area contributed by atoms with Crippen molar-refractivity contribution in [1.82, 2.24) is 4.98 Å². The van der Waals surface area contributed by atoms with Crippen molar-refractivity contribution in [1.29, 1.82) is 0 Å². The molecule has 242 valence electrons. The fourth-order valence-electron chi connectivity index (χ4n) is 6.98. The molecule has 0 aromatic carbocycles. The first kappa shape index (κ1) is 34.5. The average Bonchev–Trinajstić information content (AvgIpc) is 3.80.